The van der Waals surface area contributed by atoms with Gasteiger partial charge in [-0.2, -0.15) is 4.72 Å². The van der Waals surface area contributed by atoms with E-state index >= 15 is 0 Å². The molecule has 18 heavy (non-hydrogen) atoms. The SMILES string of the molecule is Cc1ccc(S(=O)(=O)NC(CC(C)C)C(=O)O)s1. The standard InChI is InChI=1S/C11H17NO4S2/c1-7(2)6-9(11(13)14)12-18(15,16)10-5-4-8(3)17-10/h4-5,7,9,12H,6H2,1-3H3,(H,13,14). The van der Waals surface area contributed by atoms with Gasteiger partial charge in [-0.05, 0) is 31.4 Å². The van der Waals surface area contributed by atoms with E-state index in [4.69, 9.17) is 5.11 Å². The number of aliphatic carboxylic acids is 1. The third kappa shape index (κ3) is 4.08. The summed E-state index contributed by atoms with van der Waals surface area (Å²) in [4.78, 5) is 11.9. The first kappa shape index (κ1) is 15.1. The lowest BCUT2D eigenvalue weighted by Crippen LogP contribution is -2.41. The Labute approximate surface area is 111 Å². The lowest BCUT2D eigenvalue weighted by Gasteiger charge is -2.15. The maximum atomic E-state index is 12.0. The fraction of sp³-hybridized carbons (Fsp3) is 0.545. The molecule has 7 heteroatoms. The second-order valence-electron chi connectivity index (χ2n) is 4.51. The molecule has 1 unspecified atom stereocenters. The highest BCUT2D eigenvalue weighted by Gasteiger charge is 2.26. The van der Waals surface area contributed by atoms with Crippen LogP contribution in [0.2, 0.25) is 0 Å². The Morgan fingerprint density at radius 1 is 1.44 bits per heavy atom. The molecule has 0 amide bonds. The number of carboxylic acid groups (broad SMARTS) is 1. The van der Waals surface area contributed by atoms with E-state index in [-0.39, 0.29) is 16.5 Å². The lowest BCUT2D eigenvalue weighted by molar-refractivity contribution is -0.139. The second kappa shape index (κ2) is 5.81. The van der Waals surface area contributed by atoms with E-state index in [9.17, 15) is 13.2 Å². The number of aryl methyl sites for hydroxylation is 1. The van der Waals surface area contributed by atoms with Crippen LogP contribution in [0.4, 0.5) is 0 Å². The molecule has 1 atom stereocenters. The van der Waals surface area contributed by atoms with Crippen molar-refractivity contribution in [3.8, 4) is 0 Å². The van der Waals surface area contributed by atoms with Gasteiger partial charge in [0.1, 0.15) is 10.3 Å². The van der Waals surface area contributed by atoms with Crippen molar-refractivity contribution in [2.45, 2.75) is 37.4 Å². The van der Waals surface area contributed by atoms with Gasteiger partial charge in [-0.25, -0.2) is 8.42 Å². The summed E-state index contributed by atoms with van der Waals surface area (Å²) in [5.41, 5.74) is 0. The Morgan fingerprint density at radius 2 is 2.06 bits per heavy atom. The number of thiophene rings is 1. The molecule has 0 aromatic carbocycles. The summed E-state index contributed by atoms with van der Waals surface area (Å²) in [6.07, 6.45) is 0.263. The van der Waals surface area contributed by atoms with Crippen LogP contribution >= 0.6 is 11.3 Å². The van der Waals surface area contributed by atoms with E-state index in [1.165, 1.54) is 6.07 Å². The monoisotopic (exact) mass is 291 g/mol. The lowest BCUT2D eigenvalue weighted by atomic mass is 10.1. The average Bonchev–Trinajstić information content (AvgIpc) is 2.63. The van der Waals surface area contributed by atoms with Gasteiger partial charge in [0, 0.05) is 4.88 Å². The first-order chi connectivity index (χ1) is 8.22. The Balaban J connectivity index is 2.89. The van der Waals surface area contributed by atoms with Gasteiger partial charge in [-0.1, -0.05) is 13.8 Å². The number of rotatable bonds is 6. The predicted octanol–water partition coefficient (Wildman–Crippen LogP) is 1.83. The molecule has 0 saturated carbocycles. The van der Waals surface area contributed by atoms with Crippen molar-refractivity contribution >= 4 is 27.3 Å². The maximum Gasteiger partial charge on any atom is 0.321 e. The van der Waals surface area contributed by atoms with Crippen molar-refractivity contribution < 1.29 is 18.3 Å². The Hall–Kier alpha value is -0.920. The highest BCUT2D eigenvalue weighted by Crippen LogP contribution is 2.21. The molecular formula is C11H17NO4S2. The van der Waals surface area contributed by atoms with Gasteiger partial charge in [0.05, 0.1) is 0 Å². The molecule has 0 aliphatic rings. The quantitative estimate of drug-likeness (QED) is 0.837. The van der Waals surface area contributed by atoms with E-state index in [0.29, 0.717) is 0 Å². The number of carbonyl (C=O) groups is 1. The zero-order valence-corrected chi connectivity index (χ0v) is 12.1. The first-order valence-electron chi connectivity index (χ1n) is 5.54. The van der Waals surface area contributed by atoms with Crippen molar-refractivity contribution in [2.75, 3.05) is 0 Å². The predicted molar refractivity (Wildman–Crippen MR) is 70.3 cm³/mol. The van der Waals surface area contributed by atoms with Crippen LogP contribution in [0.15, 0.2) is 16.3 Å². The van der Waals surface area contributed by atoms with Gasteiger partial charge >= 0.3 is 5.97 Å². The number of carboxylic acids is 1. The van der Waals surface area contributed by atoms with Gasteiger partial charge in [0.25, 0.3) is 10.0 Å². The van der Waals surface area contributed by atoms with E-state index in [1.54, 1.807) is 13.0 Å². The molecule has 0 aliphatic carbocycles. The summed E-state index contributed by atoms with van der Waals surface area (Å²) >= 11 is 1.12. The number of hydrogen-bond donors (Lipinski definition) is 2. The van der Waals surface area contributed by atoms with Gasteiger partial charge in [-0.3, -0.25) is 4.79 Å². The molecule has 1 heterocycles. The fourth-order valence-electron chi connectivity index (χ4n) is 1.47. The fourth-order valence-corrected chi connectivity index (χ4v) is 3.97. The third-order valence-corrected chi connectivity index (χ3v) is 5.25. The molecule has 0 spiro atoms. The minimum Gasteiger partial charge on any atom is -0.480 e. The highest BCUT2D eigenvalue weighted by atomic mass is 32.2. The molecule has 1 aromatic heterocycles. The first-order valence-corrected chi connectivity index (χ1v) is 7.84. The Kier molecular flexibility index (Phi) is 4.89. The zero-order valence-electron chi connectivity index (χ0n) is 10.5. The topological polar surface area (TPSA) is 83.5 Å². The summed E-state index contributed by atoms with van der Waals surface area (Å²) in [6, 6.07) is 2.09. The Morgan fingerprint density at radius 3 is 2.44 bits per heavy atom. The number of nitrogens with one attached hydrogen (secondary N) is 1. The molecule has 1 rings (SSSR count). The van der Waals surface area contributed by atoms with E-state index in [0.717, 1.165) is 16.2 Å². The largest absolute Gasteiger partial charge is 0.480 e. The third-order valence-electron chi connectivity index (χ3n) is 2.28. The van der Waals surface area contributed by atoms with Crippen LogP contribution < -0.4 is 4.72 Å². The summed E-state index contributed by atoms with van der Waals surface area (Å²) in [7, 11) is -3.74. The molecule has 0 radical (unpaired) electrons. The number of sulfonamides is 1. The van der Waals surface area contributed by atoms with Crippen molar-refractivity contribution in [2.24, 2.45) is 5.92 Å². The molecule has 0 aliphatic heterocycles. The van der Waals surface area contributed by atoms with Crippen LogP contribution in [0.1, 0.15) is 25.1 Å². The Bertz CT molecular complexity index is 519. The van der Waals surface area contributed by atoms with Crippen LogP contribution in [-0.4, -0.2) is 25.5 Å². The van der Waals surface area contributed by atoms with Crippen molar-refractivity contribution in [1.29, 1.82) is 0 Å². The summed E-state index contributed by atoms with van der Waals surface area (Å²) < 4.78 is 26.3. The van der Waals surface area contributed by atoms with E-state index in [1.807, 2.05) is 13.8 Å². The van der Waals surface area contributed by atoms with Crippen LogP contribution in [0, 0.1) is 12.8 Å². The smallest absolute Gasteiger partial charge is 0.321 e. The molecule has 0 saturated heterocycles. The molecule has 1 aromatic rings. The summed E-state index contributed by atoms with van der Waals surface area (Å²) in [6.45, 7) is 5.49. The van der Waals surface area contributed by atoms with E-state index in [2.05, 4.69) is 4.72 Å². The number of hydrogen-bond acceptors (Lipinski definition) is 4. The van der Waals surface area contributed by atoms with Crippen LogP contribution in [0.5, 0.6) is 0 Å². The molecule has 5 nitrogen and oxygen atoms in total. The van der Waals surface area contributed by atoms with Gasteiger partial charge < -0.3 is 5.11 Å². The molecular weight excluding hydrogens is 274 g/mol. The second-order valence-corrected chi connectivity index (χ2v) is 7.74. The van der Waals surface area contributed by atoms with Crippen LogP contribution in [-0.2, 0) is 14.8 Å². The highest BCUT2D eigenvalue weighted by molar-refractivity contribution is 7.91. The van der Waals surface area contributed by atoms with Gasteiger partial charge in [-0.15, -0.1) is 11.3 Å². The van der Waals surface area contributed by atoms with Gasteiger partial charge in [0.2, 0.25) is 0 Å². The molecule has 2 N–H and O–H groups in total. The van der Waals surface area contributed by atoms with Crippen molar-refractivity contribution in [3.63, 3.8) is 0 Å². The molecule has 0 bridgehead atoms. The maximum absolute atomic E-state index is 12.0. The zero-order chi connectivity index (χ0) is 13.9. The average molecular weight is 291 g/mol. The normalized spacial score (nSPS) is 13.8. The summed E-state index contributed by atoms with van der Waals surface area (Å²) in [5.74, 6) is -1.06. The van der Waals surface area contributed by atoms with E-state index < -0.39 is 22.0 Å². The summed E-state index contributed by atoms with van der Waals surface area (Å²) in [5, 5.41) is 9.01. The van der Waals surface area contributed by atoms with Crippen molar-refractivity contribution in [3.05, 3.63) is 17.0 Å². The van der Waals surface area contributed by atoms with Crippen LogP contribution in [0.25, 0.3) is 0 Å². The minimum absolute atomic E-state index is 0.0962. The van der Waals surface area contributed by atoms with Crippen LogP contribution in [0.3, 0.4) is 0 Å². The van der Waals surface area contributed by atoms with Gasteiger partial charge in [0.15, 0.2) is 0 Å². The van der Waals surface area contributed by atoms with Crippen molar-refractivity contribution in [1.82, 2.24) is 4.72 Å². The minimum atomic E-state index is -3.74. The molecule has 102 valence electrons. The molecule has 0 fully saturated rings.